The molecule has 1 atom stereocenters. The summed E-state index contributed by atoms with van der Waals surface area (Å²) in [5.74, 6) is 1.37. The minimum atomic E-state index is -0.0595. The zero-order valence-electron chi connectivity index (χ0n) is 17.3. The number of piperazine rings is 1. The lowest BCUT2D eigenvalue weighted by atomic mass is 9.97. The molecule has 0 aliphatic carbocycles. The van der Waals surface area contributed by atoms with Gasteiger partial charge in [0.25, 0.3) is 5.91 Å². The first-order valence-electron chi connectivity index (χ1n) is 9.87. The predicted octanol–water partition coefficient (Wildman–Crippen LogP) is 3.18. The number of nitrogens with zero attached hydrogens (tertiary/aromatic N) is 2. The van der Waals surface area contributed by atoms with E-state index in [2.05, 4.69) is 19.1 Å². The third-order valence-electron chi connectivity index (χ3n) is 5.40. The van der Waals surface area contributed by atoms with Crippen molar-refractivity contribution in [2.75, 3.05) is 40.4 Å². The number of carbonyl (C=O) groups excluding carboxylic acids is 2. The van der Waals surface area contributed by atoms with Gasteiger partial charge in [-0.2, -0.15) is 0 Å². The molecule has 154 valence electrons. The lowest BCUT2D eigenvalue weighted by Gasteiger charge is -2.35. The molecule has 1 aliphatic heterocycles. The van der Waals surface area contributed by atoms with E-state index in [4.69, 9.17) is 9.47 Å². The first-order chi connectivity index (χ1) is 14.0. The van der Waals surface area contributed by atoms with Crippen LogP contribution in [0.4, 0.5) is 0 Å². The molecule has 1 heterocycles. The Hall–Kier alpha value is -3.02. The molecular formula is C23H28N2O4. The van der Waals surface area contributed by atoms with Crippen molar-refractivity contribution in [1.29, 1.82) is 0 Å². The summed E-state index contributed by atoms with van der Waals surface area (Å²) in [6.07, 6.45) is 0.480. The van der Waals surface area contributed by atoms with E-state index in [0.29, 0.717) is 49.7 Å². The molecule has 0 saturated carbocycles. The maximum Gasteiger partial charge on any atom is 0.254 e. The van der Waals surface area contributed by atoms with E-state index in [1.165, 1.54) is 5.56 Å². The number of methoxy groups -OCH3 is 2. The lowest BCUT2D eigenvalue weighted by molar-refractivity contribution is -0.133. The number of rotatable bonds is 6. The van der Waals surface area contributed by atoms with Crippen LogP contribution in [-0.2, 0) is 4.79 Å². The summed E-state index contributed by atoms with van der Waals surface area (Å²) in [7, 11) is 3.11. The molecule has 0 radical (unpaired) electrons. The van der Waals surface area contributed by atoms with Gasteiger partial charge >= 0.3 is 0 Å². The Kier molecular flexibility index (Phi) is 6.75. The zero-order chi connectivity index (χ0) is 20.8. The van der Waals surface area contributed by atoms with E-state index in [0.717, 1.165) is 0 Å². The highest BCUT2D eigenvalue weighted by Crippen LogP contribution is 2.28. The fraction of sp³-hybridized carbons (Fsp3) is 0.391. The van der Waals surface area contributed by atoms with E-state index < -0.39 is 0 Å². The Labute approximate surface area is 172 Å². The Morgan fingerprint density at radius 3 is 2.14 bits per heavy atom. The molecule has 0 aromatic heterocycles. The largest absolute Gasteiger partial charge is 0.493 e. The number of hydrogen-bond donors (Lipinski definition) is 0. The van der Waals surface area contributed by atoms with Crippen molar-refractivity contribution in [2.45, 2.75) is 19.3 Å². The first kappa shape index (κ1) is 20.7. The van der Waals surface area contributed by atoms with Crippen LogP contribution in [0.2, 0.25) is 0 Å². The van der Waals surface area contributed by atoms with Crippen molar-refractivity contribution in [3.8, 4) is 11.5 Å². The Morgan fingerprint density at radius 1 is 0.897 bits per heavy atom. The molecule has 0 bridgehead atoms. The van der Waals surface area contributed by atoms with Gasteiger partial charge in [-0.3, -0.25) is 9.59 Å². The van der Waals surface area contributed by atoms with E-state index in [1.807, 2.05) is 23.1 Å². The van der Waals surface area contributed by atoms with Crippen LogP contribution in [0.1, 0.15) is 35.2 Å². The molecule has 2 aromatic rings. The summed E-state index contributed by atoms with van der Waals surface area (Å²) in [6, 6.07) is 15.2. The van der Waals surface area contributed by atoms with Crippen molar-refractivity contribution in [3.05, 3.63) is 59.7 Å². The normalized spacial score (nSPS) is 15.0. The highest BCUT2D eigenvalue weighted by Gasteiger charge is 2.26. The Bertz CT molecular complexity index is 845. The van der Waals surface area contributed by atoms with E-state index in [1.54, 1.807) is 37.3 Å². The van der Waals surface area contributed by atoms with Crippen molar-refractivity contribution in [2.24, 2.45) is 0 Å². The standard InChI is InChI=1S/C23H28N2O4/c1-17(18-7-5-4-6-8-18)15-22(26)24-11-13-25(14-12-24)23(27)19-9-10-20(28-2)21(16-19)29-3/h4-10,16-17H,11-15H2,1-3H3. The van der Waals surface area contributed by atoms with Gasteiger partial charge in [0.15, 0.2) is 11.5 Å². The average molecular weight is 396 g/mol. The van der Waals surface area contributed by atoms with E-state index >= 15 is 0 Å². The second-order valence-corrected chi connectivity index (χ2v) is 7.26. The SMILES string of the molecule is COc1ccc(C(=O)N2CCN(C(=O)CC(C)c3ccccc3)CC2)cc1OC. The molecule has 2 aromatic carbocycles. The minimum Gasteiger partial charge on any atom is -0.493 e. The second kappa shape index (κ2) is 9.45. The topological polar surface area (TPSA) is 59.1 Å². The molecule has 0 N–H and O–H groups in total. The fourth-order valence-electron chi connectivity index (χ4n) is 3.60. The van der Waals surface area contributed by atoms with Gasteiger partial charge in [-0.05, 0) is 29.7 Å². The molecule has 6 nitrogen and oxygen atoms in total. The smallest absolute Gasteiger partial charge is 0.254 e. The maximum absolute atomic E-state index is 12.8. The highest BCUT2D eigenvalue weighted by molar-refractivity contribution is 5.95. The molecule has 29 heavy (non-hydrogen) atoms. The molecule has 1 aliphatic rings. The van der Waals surface area contributed by atoms with Gasteiger partial charge in [-0.1, -0.05) is 37.3 Å². The summed E-state index contributed by atoms with van der Waals surface area (Å²) in [5.41, 5.74) is 1.73. The zero-order valence-corrected chi connectivity index (χ0v) is 17.3. The van der Waals surface area contributed by atoms with Crippen molar-refractivity contribution < 1.29 is 19.1 Å². The predicted molar refractivity (Wildman–Crippen MR) is 112 cm³/mol. The van der Waals surface area contributed by atoms with Crippen LogP contribution >= 0.6 is 0 Å². The van der Waals surface area contributed by atoms with Crippen LogP contribution in [0.5, 0.6) is 11.5 Å². The summed E-state index contributed by atoms with van der Waals surface area (Å²) in [5, 5.41) is 0. The second-order valence-electron chi connectivity index (χ2n) is 7.26. The number of hydrogen-bond acceptors (Lipinski definition) is 4. The molecule has 1 saturated heterocycles. The summed E-state index contributed by atoms with van der Waals surface area (Å²) >= 11 is 0. The molecule has 1 fully saturated rings. The van der Waals surface area contributed by atoms with Crippen LogP contribution in [-0.4, -0.2) is 62.0 Å². The summed E-state index contributed by atoms with van der Waals surface area (Å²) in [4.78, 5) is 29.1. The quantitative estimate of drug-likeness (QED) is 0.753. The van der Waals surface area contributed by atoms with Gasteiger partial charge in [-0.15, -0.1) is 0 Å². The summed E-state index contributed by atoms with van der Waals surface area (Å²) in [6.45, 7) is 4.24. The van der Waals surface area contributed by atoms with Crippen LogP contribution in [0.25, 0.3) is 0 Å². The minimum absolute atomic E-state index is 0.0595. The number of carbonyl (C=O) groups is 2. The lowest BCUT2D eigenvalue weighted by Crippen LogP contribution is -2.50. The van der Waals surface area contributed by atoms with Gasteiger partial charge in [-0.25, -0.2) is 0 Å². The van der Waals surface area contributed by atoms with Crippen molar-refractivity contribution >= 4 is 11.8 Å². The Balaban J connectivity index is 1.56. The van der Waals surface area contributed by atoms with Crippen molar-refractivity contribution in [3.63, 3.8) is 0 Å². The van der Waals surface area contributed by atoms with Crippen LogP contribution in [0, 0.1) is 0 Å². The average Bonchev–Trinajstić information content (AvgIpc) is 2.78. The fourth-order valence-corrected chi connectivity index (χ4v) is 3.60. The summed E-state index contributed by atoms with van der Waals surface area (Å²) < 4.78 is 10.5. The third kappa shape index (κ3) is 4.88. The monoisotopic (exact) mass is 396 g/mol. The van der Waals surface area contributed by atoms with Gasteiger partial charge in [0.1, 0.15) is 0 Å². The van der Waals surface area contributed by atoms with Gasteiger partial charge in [0.05, 0.1) is 14.2 Å². The molecular weight excluding hydrogens is 368 g/mol. The molecule has 2 amide bonds. The maximum atomic E-state index is 12.8. The first-order valence-corrected chi connectivity index (χ1v) is 9.87. The van der Waals surface area contributed by atoms with Crippen molar-refractivity contribution in [1.82, 2.24) is 9.80 Å². The van der Waals surface area contributed by atoms with Gasteiger partial charge < -0.3 is 19.3 Å². The Morgan fingerprint density at radius 2 is 1.52 bits per heavy atom. The van der Waals surface area contributed by atoms with Gasteiger partial charge in [0.2, 0.25) is 5.91 Å². The molecule has 3 rings (SSSR count). The number of benzene rings is 2. The molecule has 1 unspecified atom stereocenters. The highest BCUT2D eigenvalue weighted by atomic mass is 16.5. The number of ether oxygens (including phenoxy) is 2. The number of amides is 2. The van der Waals surface area contributed by atoms with Crippen LogP contribution < -0.4 is 9.47 Å². The van der Waals surface area contributed by atoms with E-state index in [-0.39, 0.29) is 17.7 Å². The van der Waals surface area contributed by atoms with E-state index in [9.17, 15) is 9.59 Å². The third-order valence-corrected chi connectivity index (χ3v) is 5.40. The van der Waals surface area contributed by atoms with Crippen LogP contribution in [0.15, 0.2) is 48.5 Å². The molecule has 0 spiro atoms. The van der Waals surface area contributed by atoms with Crippen LogP contribution in [0.3, 0.4) is 0 Å². The molecule has 6 heteroatoms. The van der Waals surface area contributed by atoms with Gasteiger partial charge in [0, 0.05) is 38.2 Å².